The van der Waals surface area contributed by atoms with Crippen molar-refractivity contribution in [3.05, 3.63) is 78.0 Å². The standard InChI is InChI=1S/C20H23N3/c21-12-15-23(14-11-17-6-2-1-3-7-17)16-19-9-4-8-18-10-5-13-22-20(18)19/h1-10,13H,11-12,14-16,21H2. The van der Waals surface area contributed by atoms with Gasteiger partial charge in [-0.25, -0.2) is 0 Å². The molecule has 3 rings (SSSR count). The van der Waals surface area contributed by atoms with Crippen LogP contribution in [0.5, 0.6) is 0 Å². The molecule has 3 nitrogen and oxygen atoms in total. The lowest BCUT2D eigenvalue weighted by Crippen LogP contribution is -2.31. The largest absolute Gasteiger partial charge is 0.329 e. The number of para-hydroxylation sites is 1. The fourth-order valence-corrected chi connectivity index (χ4v) is 2.92. The highest BCUT2D eigenvalue weighted by Crippen LogP contribution is 2.17. The van der Waals surface area contributed by atoms with E-state index in [1.807, 2.05) is 12.3 Å². The minimum absolute atomic E-state index is 0.674. The first-order chi connectivity index (χ1) is 11.4. The molecule has 0 fully saturated rings. The second-order valence-electron chi connectivity index (χ2n) is 5.79. The lowest BCUT2D eigenvalue weighted by molar-refractivity contribution is 0.277. The molecule has 0 radical (unpaired) electrons. The van der Waals surface area contributed by atoms with Crippen molar-refractivity contribution in [2.24, 2.45) is 5.73 Å². The molecule has 2 aromatic carbocycles. The maximum Gasteiger partial charge on any atom is 0.0746 e. The van der Waals surface area contributed by atoms with Crippen LogP contribution in [0.15, 0.2) is 66.9 Å². The van der Waals surface area contributed by atoms with E-state index in [-0.39, 0.29) is 0 Å². The maximum absolute atomic E-state index is 5.81. The highest BCUT2D eigenvalue weighted by molar-refractivity contribution is 5.81. The molecule has 3 aromatic rings. The van der Waals surface area contributed by atoms with Gasteiger partial charge in [0.2, 0.25) is 0 Å². The molecular weight excluding hydrogens is 282 g/mol. The van der Waals surface area contributed by atoms with Crippen molar-refractivity contribution < 1.29 is 0 Å². The molecular formula is C20H23N3. The monoisotopic (exact) mass is 305 g/mol. The average molecular weight is 305 g/mol. The first kappa shape index (κ1) is 15.7. The predicted octanol–water partition coefficient (Wildman–Crippen LogP) is 3.24. The van der Waals surface area contributed by atoms with Crippen LogP contribution in [-0.2, 0) is 13.0 Å². The molecule has 1 heterocycles. The smallest absolute Gasteiger partial charge is 0.0746 e. The number of nitrogens with zero attached hydrogens (tertiary/aromatic N) is 2. The lowest BCUT2D eigenvalue weighted by Gasteiger charge is -2.22. The van der Waals surface area contributed by atoms with Gasteiger partial charge in [-0.3, -0.25) is 9.88 Å². The van der Waals surface area contributed by atoms with Crippen LogP contribution in [0.2, 0.25) is 0 Å². The zero-order valence-corrected chi connectivity index (χ0v) is 13.4. The highest BCUT2D eigenvalue weighted by Gasteiger charge is 2.09. The van der Waals surface area contributed by atoms with Gasteiger partial charge in [-0.15, -0.1) is 0 Å². The molecule has 0 saturated heterocycles. The minimum Gasteiger partial charge on any atom is -0.329 e. The Labute approximate surface area is 137 Å². The van der Waals surface area contributed by atoms with Gasteiger partial charge in [0, 0.05) is 37.8 Å². The molecule has 3 heteroatoms. The normalized spacial score (nSPS) is 11.2. The van der Waals surface area contributed by atoms with E-state index in [1.165, 1.54) is 16.5 Å². The SMILES string of the molecule is NCCN(CCc1ccccc1)Cc1cccc2cccnc12. The van der Waals surface area contributed by atoms with Gasteiger partial charge in [0.25, 0.3) is 0 Å². The van der Waals surface area contributed by atoms with E-state index in [9.17, 15) is 0 Å². The number of benzene rings is 2. The van der Waals surface area contributed by atoms with Crippen molar-refractivity contribution in [1.29, 1.82) is 0 Å². The summed E-state index contributed by atoms with van der Waals surface area (Å²) in [6.07, 6.45) is 2.90. The van der Waals surface area contributed by atoms with Crippen molar-refractivity contribution in [2.45, 2.75) is 13.0 Å². The number of fused-ring (bicyclic) bond motifs is 1. The van der Waals surface area contributed by atoms with Gasteiger partial charge in [-0.1, -0.05) is 54.6 Å². The van der Waals surface area contributed by atoms with Crippen LogP contribution in [0.4, 0.5) is 0 Å². The molecule has 2 N–H and O–H groups in total. The zero-order chi connectivity index (χ0) is 15.9. The van der Waals surface area contributed by atoms with E-state index < -0.39 is 0 Å². The molecule has 0 amide bonds. The number of nitrogens with two attached hydrogens (primary N) is 1. The van der Waals surface area contributed by atoms with Crippen molar-refractivity contribution >= 4 is 10.9 Å². The summed E-state index contributed by atoms with van der Waals surface area (Å²) in [6.45, 7) is 3.46. The third-order valence-corrected chi connectivity index (χ3v) is 4.12. The summed E-state index contributed by atoms with van der Waals surface area (Å²) in [4.78, 5) is 6.97. The Kier molecular flexibility index (Phi) is 5.35. The van der Waals surface area contributed by atoms with Crippen LogP contribution >= 0.6 is 0 Å². The summed E-state index contributed by atoms with van der Waals surface area (Å²) >= 11 is 0. The predicted molar refractivity (Wildman–Crippen MR) is 96.2 cm³/mol. The van der Waals surface area contributed by atoms with Crippen LogP contribution in [-0.4, -0.2) is 29.5 Å². The Morgan fingerprint density at radius 3 is 2.52 bits per heavy atom. The first-order valence-electron chi connectivity index (χ1n) is 8.16. The Morgan fingerprint density at radius 2 is 1.70 bits per heavy atom. The van der Waals surface area contributed by atoms with E-state index in [2.05, 4.69) is 64.5 Å². The summed E-state index contributed by atoms with van der Waals surface area (Å²) < 4.78 is 0. The van der Waals surface area contributed by atoms with Crippen molar-refractivity contribution in [3.8, 4) is 0 Å². The fourth-order valence-electron chi connectivity index (χ4n) is 2.92. The van der Waals surface area contributed by atoms with Crippen LogP contribution in [0.3, 0.4) is 0 Å². The van der Waals surface area contributed by atoms with Crippen LogP contribution in [0, 0.1) is 0 Å². The summed E-state index contributed by atoms with van der Waals surface area (Å²) in [6, 6.07) is 21.1. The van der Waals surface area contributed by atoms with E-state index in [0.29, 0.717) is 6.54 Å². The van der Waals surface area contributed by atoms with E-state index in [0.717, 1.165) is 31.6 Å². The molecule has 23 heavy (non-hydrogen) atoms. The number of aromatic nitrogens is 1. The third kappa shape index (κ3) is 4.15. The lowest BCUT2D eigenvalue weighted by atomic mass is 10.1. The van der Waals surface area contributed by atoms with Gasteiger partial charge in [0.15, 0.2) is 0 Å². The summed E-state index contributed by atoms with van der Waals surface area (Å²) in [5.41, 5.74) is 9.54. The molecule has 1 aromatic heterocycles. The summed E-state index contributed by atoms with van der Waals surface area (Å²) in [5, 5.41) is 1.20. The summed E-state index contributed by atoms with van der Waals surface area (Å²) in [7, 11) is 0. The molecule has 0 aliphatic heterocycles. The number of hydrogen-bond donors (Lipinski definition) is 1. The molecule has 0 saturated carbocycles. The topological polar surface area (TPSA) is 42.1 Å². The maximum atomic E-state index is 5.81. The van der Waals surface area contributed by atoms with Gasteiger partial charge >= 0.3 is 0 Å². The Balaban J connectivity index is 1.73. The first-order valence-corrected chi connectivity index (χ1v) is 8.16. The van der Waals surface area contributed by atoms with Crippen molar-refractivity contribution in [2.75, 3.05) is 19.6 Å². The fraction of sp³-hybridized carbons (Fsp3) is 0.250. The molecule has 0 aliphatic carbocycles. The van der Waals surface area contributed by atoms with Gasteiger partial charge in [-0.05, 0) is 23.6 Å². The number of hydrogen-bond acceptors (Lipinski definition) is 3. The van der Waals surface area contributed by atoms with Crippen molar-refractivity contribution in [1.82, 2.24) is 9.88 Å². The molecule has 0 bridgehead atoms. The van der Waals surface area contributed by atoms with Gasteiger partial charge < -0.3 is 5.73 Å². The van der Waals surface area contributed by atoms with Crippen LogP contribution in [0.25, 0.3) is 10.9 Å². The molecule has 0 unspecified atom stereocenters. The van der Waals surface area contributed by atoms with Gasteiger partial charge in [-0.2, -0.15) is 0 Å². The zero-order valence-electron chi connectivity index (χ0n) is 13.4. The van der Waals surface area contributed by atoms with Crippen molar-refractivity contribution in [3.63, 3.8) is 0 Å². The Bertz CT molecular complexity index is 735. The van der Waals surface area contributed by atoms with Crippen LogP contribution < -0.4 is 5.73 Å². The quantitative estimate of drug-likeness (QED) is 0.728. The number of rotatable bonds is 7. The van der Waals surface area contributed by atoms with E-state index >= 15 is 0 Å². The van der Waals surface area contributed by atoms with E-state index in [1.54, 1.807) is 0 Å². The second-order valence-corrected chi connectivity index (χ2v) is 5.79. The molecule has 118 valence electrons. The van der Waals surface area contributed by atoms with Gasteiger partial charge in [0.1, 0.15) is 0 Å². The van der Waals surface area contributed by atoms with Crippen LogP contribution in [0.1, 0.15) is 11.1 Å². The third-order valence-electron chi connectivity index (χ3n) is 4.12. The Hall–Kier alpha value is -2.23. The van der Waals surface area contributed by atoms with E-state index in [4.69, 9.17) is 5.73 Å². The van der Waals surface area contributed by atoms with Gasteiger partial charge in [0.05, 0.1) is 5.52 Å². The molecule has 0 aliphatic rings. The highest BCUT2D eigenvalue weighted by atomic mass is 15.1. The summed E-state index contributed by atoms with van der Waals surface area (Å²) in [5.74, 6) is 0. The minimum atomic E-state index is 0.674. The molecule has 0 spiro atoms. The average Bonchev–Trinajstić information content (AvgIpc) is 2.61. The second kappa shape index (κ2) is 7.86. The Morgan fingerprint density at radius 1 is 0.870 bits per heavy atom. The number of pyridine rings is 1. The molecule has 0 atom stereocenters.